The summed E-state index contributed by atoms with van der Waals surface area (Å²) < 4.78 is 13.9. The third kappa shape index (κ3) is 2.62. The van der Waals surface area contributed by atoms with Crippen molar-refractivity contribution in [3.05, 3.63) is 57.0 Å². The van der Waals surface area contributed by atoms with E-state index < -0.39 is 0 Å². The van der Waals surface area contributed by atoms with Crippen LogP contribution >= 0.6 is 11.3 Å². The minimum absolute atomic E-state index is 0.0600. The summed E-state index contributed by atoms with van der Waals surface area (Å²) in [6, 6.07) is 9.42. The maximum absolute atomic E-state index is 13.9. The van der Waals surface area contributed by atoms with E-state index in [1.54, 1.807) is 23.5 Å². The molecule has 1 N–H and O–H groups in total. The van der Waals surface area contributed by atoms with E-state index in [4.69, 9.17) is 0 Å². The highest BCUT2D eigenvalue weighted by Gasteiger charge is 2.17. The van der Waals surface area contributed by atoms with Crippen LogP contribution in [0.1, 0.15) is 33.8 Å². The van der Waals surface area contributed by atoms with Gasteiger partial charge in [-0.2, -0.15) is 0 Å². The Balaban J connectivity index is 2.41. The highest BCUT2D eigenvalue weighted by atomic mass is 32.1. The first kappa shape index (κ1) is 13.2. The van der Waals surface area contributed by atoms with Gasteiger partial charge in [-0.25, -0.2) is 4.39 Å². The average molecular weight is 263 g/mol. The van der Waals surface area contributed by atoms with E-state index in [2.05, 4.69) is 24.4 Å². The molecular weight excluding hydrogens is 245 g/mol. The molecule has 1 nitrogen and oxygen atoms in total. The van der Waals surface area contributed by atoms with E-state index in [1.165, 1.54) is 9.75 Å². The Morgan fingerprint density at radius 2 is 2.06 bits per heavy atom. The van der Waals surface area contributed by atoms with Crippen LogP contribution in [0.3, 0.4) is 0 Å². The number of rotatable bonds is 4. The molecule has 0 aliphatic heterocycles. The number of halogens is 1. The molecular formula is C15H18FNS. The van der Waals surface area contributed by atoms with Crippen molar-refractivity contribution in [1.82, 2.24) is 5.32 Å². The van der Waals surface area contributed by atoms with Crippen LogP contribution in [-0.4, -0.2) is 7.05 Å². The van der Waals surface area contributed by atoms with Crippen LogP contribution in [0, 0.1) is 12.7 Å². The van der Waals surface area contributed by atoms with Crippen molar-refractivity contribution in [2.24, 2.45) is 0 Å². The first-order valence-electron chi connectivity index (χ1n) is 6.17. The van der Waals surface area contributed by atoms with E-state index in [-0.39, 0.29) is 11.9 Å². The number of hydrogen-bond acceptors (Lipinski definition) is 2. The molecule has 0 saturated heterocycles. The highest BCUT2D eigenvalue weighted by molar-refractivity contribution is 7.12. The summed E-state index contributed by atoms with van der Waals surface area (Å²) in [6.07, 6.45) is 1.03. The smallest absolute Gasteiger partial charge is 0.128 e. The van der Waals surface area contributed by atoms with Gasteiger partial charge in [0.2, 0.25) is 0 Å². The van der Waals surface area contributed by atoms with Crippen molar-refractivity contribution >= 4 is 11.3 Å². The molecule has 1 unspecified atom stereocenters. The third-order valence-corrected chi connectivity index (χ3v) is 4.36. The van der Waals surface area contributed by atoms with E-state index in [9.17, 15) is 4.39 Å². The van der Waals surface area contributed by atoms with E-state index in [0.29, 0.717) is 0 Å². The summed E-state index contributed by atoms with van der Waals surface area (Å²) >= 11 is 1.75. The number of thiophene rings is 1. The summed E-state index contributed by atoms with van der Waals surface area (Å²) in [5.74, 6) is -0.147. The summed E-state index contributed by atoms with van der Waals surface area (Å²) in [7, 11) is 1.87. The molecule has 0 bridgehead atoms. The minimum Gasteiger partial charge on any atom is -0.309 e. The van der Waals surface area contributed by atoms with Crippen LogP contribution in [0.2, 0.25) is 0 Å². The van der Waals surface area contributed by atoms with Crippen molar-refractivity contribution in [2.75, 3.05) is 7.05 Å². The maximum Gasteiger partial charge on any atom is 0.128 e. The lowest BCUT2D eigenvalue weighted by Crippen LogP contribution is -2.18. The minimum atomic E-state index is -0.147. The van der Waals surface area contributed by atoms with Crippen LogP contribution in [-0.2, 0) is 6.42 Å². The molecule has 0 amide bonds. The van der Waals surface area contributed by atoms with Gasteiger partial charge in [0.1, 0.15) is 5.82 Å². The molecule has 0 aliphatic rings. The van der Waals surface area contributed by atoms with Gasteiger partial charge in [-0.1, -0.05) is 24.6 Å². The van der Waals surface area contributed by atoms with Crippen LogP contribution in [0.5, 0.6) is 0 Å². The zero-order chi connectivity index (χ0) is 13.1. The lowest BCUT2D eigenvalue weighted by molar-refractivity contribution is 0.578. The van der Waals surface area contributed by atoms with Gasteiger partial charge >= 0.3 is 0 Å². The molecule has 1 atom stereocenters. The molecule has 0 radical (unpaired) electrons. The number of benzene rings is 1. The summed E-state index contributed by atoms with van der Waals surface area (Å²) in [6.45, 7) is 4.12. The van der Waals surface area contributed by atoms with E-state index in [0.717, 1.165) is 17.5 Å². The van der Waals surface area contributed by atoms with Crippen LogP contribution in [0.15, 0.2) is 30.3 Å². The fourth-order valence-corrected chi connectivity index (χ4v) is 3.16. The lowest BCUT2D eigenvalue weighted by Gasteiger charge is -2.16. The maximum atomic E-state index is 13.9. The normalized spacial score (nSPS) is 12.7. The van der Waals surface area contributed by atoms with Gasteiger partial charge in [0.15, 0.2) is 0 Å². The molecule has 18 heavy (non-hydrogen) atoms. The Bertz CT molecular complexity index is 533. The SMILES string of the molecule is CCc1ccc(C(NC)c2cc(C)ccc2F)s1. The van der Waals surface area contributed by atoms with E-state index in [1.807, 2.05) is 20.0 Å². The largest absolute Gasteiger partial charge is 0.309 e. The first-order chi connectivity index (χ1) is 8.65. The Kier molecular flexibility index (Phi) is 4.15. The fourth-order valence-electron chi connectivity index (χ4n) is 2.08. The Hall–Kier alpha value is -1.19. The molecule has 0 aliphatic carbocycles. The van der Waals surface area contributed by atoms with E-state index >= 15 is 0 Å². The van der Waals surface area contributed by atoms with Crippen LogP contribution in [0.4, 0.5) is 4.39 Å². The first-order valence-corrected chi connectivity index (χ1v) is 6.99. The molecule has 0 spiro atoms. The van der Waals surface area contributed by atoms with Gasteiger partial charge in [0.05, 0.1) is 6.04 Å². The Morgan fingerprint density at radius 1 is 1.28 bits per heavy atom. The van der Waals surface area contributed by atoms with Gasteiger partial charge in [0.25, 0.3) is 0 Å². The molecule has 0 saturated carbocycles. The predicted molar refractivity (Wildman–Crippen MR) is 75.7 cm³/mol. The van der Waals surface area contributed by atoms with Gasteiger partial charge in [-0.15, -0.1) is 11.3 Å². The second-order valence-electron chi connectivity index (χ2n) is 4.40. The van der Waals surface area contributed by atoms with Crippen molar-refractivity contribution in [2.45, 2.75) is 26.3 Å². The summed E-state index contributed by atoms with van der Waals surface area (Å²) in [5, 5.41) is 3.21. The highest BCUT2D eigenvalue weighted by Crippen LogP contribution is 2.30. The monoisotopic (exact) mass is 263 g/mol. The number of hydrogen-bond donors (Lipinski definition) is 1. The topological polar surface area (TPSA) is 12.0 Å². The van der Waals surface area contributed by atoms with Gasteiger partial charge in [0, 0.05) is 15.3 Å². The second-order valence-corrected chi connectivity index (χ2v) is 5.60. The zero-order valence-electron chi connectivity index (χ0n) is 11.0. The van der Waals surface area contributed by atoms with Crippen molar-refractivity contribution in [3.8, 4) is 0 Å². The Labute approximate surface area is 112 Å². The van der Waals surface area contributed by atoms with Crippen molar-refractivity contribution < 1.29 is 4.39 Å². The van der Waals surface area contributed by atoms with Crippen molar-refractivity contribution in [3.63, 3.8) is 0 Å². The summed E-state index contributed by atoms with van der Waals surface area (Å²) in [5.41, 5.74) is 1.81. The Morgan fingerprint density at radius 3 is 2.67 bits per heavy atom. The molecule has 2 rings (SSSR count). The fraction of sp³-hybridized carbons (Fsp3) is 0.333. The molecule has 2 aromatic rings. The molecule has 1 aromatic heterocycles. The molecule has 1 aromatic carbocycles. The zero-order valence-corrected chi connectivity index (χ0v) is 11.8. The molecule has 1 heterocycles. The average Bonchev–Trinajstić information content (AvgIpc) is 2.83. The standard InChI is InChI=1S/C15H18FNS/c1-4-11-6-8-14(18-11)15(17-3)12-9-10(2)5-7-13(12)16/h5-9,15,17H,4H2,1-3H3. The van der Waals surface area contributed by atoms with Crippen molar-refractivity contribution in [1.29, 1.82) is 0 Å². The summed E-state index contributed by atoms with van der Waals surface area (Å²) in [4.78, 5) is 2.50. The molecule has 96 valence electrons. The molecule has 0 fully saturated rings. The number of nitrogens with one attached hydrogen (secondary N) is 1. The predicted octanol–water partition coefficient (Wildman–Crippen LogP) is 4.07. The third-order valence-electron chi connectivity index (χ3n) is 3.07. The second kappa shape index (κ2) is 5.63. The van der Waals surface area contributed by atoms with Gasteiger partial charge in [-0.3, -0.25) is 0 Å². The number of aryl methyl sites for hydroxylation is 2. The van der Waals surface area contributed by atoms with Gasteiger partial charge in [-0.05, 0) is 38.6 Å². The lowest BCUT2D eigenvalue weighted by atomic mass is 10.0. The quantitative estimate of drug-likeness (QED) is 0.877. The molecule has 3 heteroatoms. The van der Waals surface area contributed by atoms with Crippen LogP contribution in [0.25, 0.3) is 0 Å². The van der Waals surface area contributed by atoms with Crippen LogP contribution < -0.4 is 5.32 Å². The van der Waals surface area contributed by atoms with Gasteiger partial charge < -0.3 is 5.32 Å².